The number of aliphatic hydroxyl groups is 2. The molecule has 1 fully saturated rings. The molecule has 1 aliphatic rings. The van der Waals surface area contributed by atoms with Gasteiger partial charge in [0.1, 0.15) is 0 Å². The summed E-state index contributed by atoms with van der Waals surface area (Å²) >= 11 is 0. The monoisotopic (exact) mass is 715 g/mol. The van der Waals surface area contributed by atoms with Crippen molar-refractivity contribution in [3.05, 3.63) is 0 Å². The van der Waals surface area contributed by atoms with Gasteiger partial charge >= 0.3 is 0 Å². The second-order valence-electron chi connectivity index (χ2n) is 16.1. The van der Waals surface area contributed by atoms with E-state index in [0.29, 0.717) is 52.9 Å². The van der Waals surface area contributed by atoms with Crippen molar-refractivity contribution < 1.29 is 29.2 Å². The van der Waals surface area contributed by atoms with Gasteiger partial charge in [-0.25, -0.2) is 0 Å². The minimum absolute atomic E-state index is 0.115. The van der Waals surface area contributed by atoms with E-state index in [1.165, 1.54) is 116 Å². The molecule has 0 aliphatic carbocycles. The molecule has 300 valence electrons. The Morgan fingerprint density at radius 2 is 0.660 bits per heavy atom. The average Bonchev–Trinajstić information content (AvgIpc) is 3.11. The molecule has 0 spiro atoms. The standard InChI is InChI=1S/C42H86N2O6/c1-5-7-9-11-13-15-17-19-21-23-41(3,39-45)37-43-25-29-47-33-35-49-31-27-44(28-32-50-36-34-48-30-26-43)38-42(4,40-46)24-22-20-18-16-14-12-10-8-6-2/h45-46H,5-40H2,1-4H3. The first-order chi connectivity index (χ1) is 24.4. The molecule has 0 radical (unpaired) electrons. The maximum absolute atomic E-state index is 10.4. The van der Waals surface area contributed by atoms with Gasteiger partial charge in [0.05, 0.1) is 52.9 Å². The van der Waals surface area contributed by atoms with Crippen molar-refractivity contribution >= 4 is 0 Å². The van der Waals surface area contributed by atoms with Crippen molar-refractivity contribution in [2.75, 3.05) is 105 Å². The SMILES string of the molecule is CCCCCCCCCCCC(C)(CO)CN1CCOCCOCCN(CC(C)(CO)CCCCCCCCCCC)CCOCCOCC1. The molecule has 0 amide bonds. The molecule has 0 saturated carbocycles. The lowest BCUT2D eigenvalue weighted by atomic mass is 9.84. The zero-order valence-corrected chi connectivity index (χ0v) is 33.9. The van der Waals surface area contributed by atoms with E-state index in [2.05, 4.69) is 37.5 Å². The molecule has 2 atom stereocenters. The highest BCUT2D eigenvalue weighted by atomic mass is 16.5. The van der Waals surface area contributed by atoms with Crippen LogP contribution in [-0.2, 0) is 18.9 Å². The summed E-state index contributed by atoms with van der Waals surface area (Å²) in [5, 5.41) is 20.8. The van der Waals surface area contributed by atoms with E-state index >= 15 is 0 Å². The maximum Gasteiger partial charge on any atom is 0.0701 e. The molecule has 0 aromatic carbocycles. The molecule has 1 aliphatic heterocycles. The third-order valence-electron chi connectivity index (χ3n) is 10.7. The van der Waals surface area contributed by atoms with E-state index in [0.717, 1.165) is 52.1 Å². The number of nitrogens with zero attached hydrogens (tertiary/aromatic N) is 2. The highest BCUT2D eigenvalue weighted by molar-refractivity contribution is 4.80. The smallest absolute Gasteiger partial charge is 0.0701 e. The molecule has 2 N–H and O–H groups in total. The van der Waals surface area contributed by atoms with Gasteiger partial charge in [0.15, 0.2) is 0 Å². The quantitative estimate of drug-likeness (QED) is 0.0864. The second kappa shape index (κ2) is 33.3. The van der Waals surface area contributed by atoms with Gasteiger partial charge in [-0.05, 0) is 12.8 Å². The first kappa shape index (κ1) is 47.7. The van der Waals surface area contributed by atoms with Crippen LogP contribution in [0.5, 0.6) is 0 Å². The van der Waals surface area contributed by atoms with Crippen molar-refractivity contribution in [3.8, 4) is 0 Å². The first-order valence-electron chi connectivity index (χ1n) is 21.4. The molecular weight excluding hydrogens is 628 g/mol. The Labute approximate surface area is 310 Å². The molecule has 1 saturated heterocycles. The van der Waals surface area contributed by atoms with E-state index in [4.69, 9.17) is 18.9 Å². The van der Waals surface area contributed by atoms with Crippen molar-refractivity contribution in [3.63, 3.8) is 0 Å². The summed E-state index contributed by atoms with van der Waals surface area (Å²) in [7, 11) is 0. The average molecular weight is 715 g/mol. The Hall–Kier alpha value is -0.320. The van der Waals surface area contributed by atoms with Crippen LogP contribution in [-0.4, -0.2) is 125 Å². The summed E-state index contributed by atoms with van der Waals surface area (Å²) < 4.78 is 24.0. The van der Waals surface area contributed by atoms with Crippen LogP contribution in [0.4, 0.5) is 0 Å². The van der Waals surface area contributed by atoms with E-state index in [1.807, 2.05) is 0 Å². The van der Waals surface area contributed by atoms with Gasteiger partial charge in [0.2, 0.25) is 0 Å². The molecule has 8 heteroatoms. The fourth-order valence-corrected chi connectivity index (χ4v) is 7.18. The predicted molar refractivity (Wildman–Crippen MR) is 210 cm³/mol. The van der Waals surface area contributed by atoms with Crippen molar-refractivity contribution in [2.24, 2.45) is 10.8 Å². The molecule has 2 unspecified atom stereocenters. The Bertz CT molecular complexity index is 640. The molecule has 0 aromatic heterocycles. The van der Waals surface area contributed by atoms with E-state index in [1.54, 1.807) is 0 Å². The van der Waals surface area contributed by atoms with Gasteiger partial charge in [-0.1, -0.05) is 143 Å². The zero-order chi connectivity index (χ0) is 36.4. The van der Waals surface area contributed by atoms with Gasteiger partial charge in [-0.2, -0.15) is 0 Å². The predicted octanol–water partition coefficient (Wildman–Crippen LogP) is 8.51. The van der Waals surface area contributed by atoms with Gasteiger partial charge < -0.3 is 29.2 Å². The summed E-state index contributed by atoms with van der Waals surface area (Å²) in [4.78, 5) is 4.80. The van der Waals surface area contributed by atoms with Crippen LogP contribution < -0.4 is 0 Å². The van der Waals surface area contributed by atoms with Crippen LogP contribution in [0.3, 0.4) is 0 Å². The van der Waals surface area contributed by atoms with Crippen LogP contribution in [0.1, 0.15) is 156 Å². The zero-order valence-electron chi connectivity index (χ0n) is 33.9. The number of ether oxygens (including phenoxy) is 4. The van der Waals surface area contributed by atoms with Crippen LogP contribution in [0.15, 0.2) is 0 Å². The fourth-order valence-electron chi connectivity index (χ4n) is 7.18. The largest absolute Gasteiger partial charge is 0.396 e. The van der Waals surface area contributed by atoms with Crippen molar-refractivity contribution in [2.45, 2.75) is 156 Å². The normalized spacial score (nSPS) is 19.8. The van der Waals surface area contributed by atoms with Crippen LogP contribution in [0.25, 0.3) is 0 Å². The Kier molecular flexibility index (Phi) is 31.7. The lowest BCUT2D eigenvalue weighted by Crippen LogP contribution is -2.42. The molecule has 0 bridgehead atoms. The number of hydrogen-bond acceptors (Lipinski definition) is 8. The molecule has 0 aromatic rings. The van der Waals surface area contributed by atoms with Gasteiger partial charge in [-0.15, -0.1) is 0 Å². The Morgan fingerprint density at radius 3 is 0.920 bits per heavy atom. The first-order valence-corrected chi connectivity index (χ1v) is 21.4. The highest BCUT2D eigenvalue weighted by Gasteiger charge is 2.27. The summed E-state index contributed by atoms with van der Waals surface area (Å²) in [5.41, 5.74) is -0.230. The number of rotatable bonds is 26. The molecule has 8 nitrogen and oxygen atoms in total. The lowest BCUT2D eigenvalue weighted by molar-refractivity contribution is -0.00835. The van der Waals surface area contributed by atoms with Crippen LogP contribution in [0.2, 0.25) is 0 Å². The lowest BCUT2D eigenvalue weighted by Gasteiger charge is -2.35. The Balaban J connectivity index is 2.45. The molecule has 1 heterocycles. The summed E-state index contributed by atoms with van der Waals surface area (Å²) in [5.74, 6) is 0. The third-order valence-corrected chi connectivity index (χ3v) is 10.7. The van der Waals surface area contributed by atoms with Crippen molar-refractivity contribution in [1.29, 1.82) is 0 Å². The maximum atomic E-state index is 10.4. The third kappa shape index (κ3) is 27.3. The van der Waals surface area contributed by atoms with Crippen molar-refractivity contribution in [1.82, 2.24) is 9.80 Å². The van der Waals surface area contributed by atoms with Gasteiger partial charge in [0, 0.05) is 63.3 Å². The Morgan fingerprint density at radius 1 is 0.400 bits per heavy atom. The topological polar surface area (TPSA) is 83.9 Å². The highest BCUT2D eigenvalue weighted by Crippen LogP contribution is 2.27. The summed E-state index contributed by atoms with van der Waals surface area (Å²) in [6.45, 7) is 19.3. The number of unbranched alkanes of at least 4 members (excludes halogenated alkanes) is 16. The van der Waals surface area contributed by atoms with Crippen LogP contribution >= 0.6 is 0 Å². The fraction of sp³-hybridized carbons (Fsp3) is 1.00. The molecule has 50 heavy (non-hydrogen) atoms. The minimum Gasteiger partial charge on any atom is -0.396 e. The molecule has 1 rings (SSSR count). The second-order valence-corrected chi connectivity index (χ2v) is 16.1. The summed E-state index contributed by atoms with van der Waals surface area (Å²) in [6, 6.07) is 0. The van der Waals surface area contributed by atoms with E-state index < -0.39 is 0 Å². The van der Waals surface area contributed by atoms with E-state index in [-0.39, 0.29) is 24.0 Å². The summed E-state index contributed by atoms with van der Waals surface area (Å²) in [6.07, 6.45) is 25.9. The van der Waals surface area contributed by atoms with Gasteiger partial charge in [-0.3, -0.25) is 9.80 Å². The van der Waals surface area contributed by atoms with E-state index in [9.17, 15) is 10.2 Å². The minimum atomic E-state index is -0.115. The number of aliphatic hydroxyl groups excluding tert-OH is 2. The molecular formula is C42H86N2O6. The van der Waals surface area contributed by atoms with Gasteiger partial charge in [0.25, 0.3) is 0 Å². The van der Waals surface area contributed by atoms with Crippen LogP contribution in [0, 0.1) is 10.8 Å². The number of hydrogen-bond donors (Lipinski definition) is 2.